The molecule has 0 radical (unpaired) electrons. The van der Waals surface area contributed by atoms with E-state index in [1.807, 2.05) is 42.3 Å². The fraction of sp³-hybridized carbons (Fsp3) is 0.318. The largest absolute Gasteiger partial charge is 0.433 e. The van der Waals surface area contributed by atoms with E-state index in [2.05, 4.69) is 31.5 Å². The van der Waals surface area contributed by atoms with Crippen molar-refractivity contribution in [2.45, 2.75) is 39.8 Å². The first-order chi connectivity index (χ1) is 12.8. The lowest BCUT2D eigenvalue weighted by Gasteiger charge is -2.33. The third kappa shape index (κ3) is 3.51. The third-order valence-corrected chi connectivity index (χ3v) is 4.98. The number of allylic oxidation sites excluding steroid dienone is 1. The number of aromatic nitrogens is 1. The number of fused-ring (bicyclic) bond motifs is 3. The molecule has 1 aliphatic heterocycles. The summed E-state index contributed by atoms with van der Waals surface area (Å²) in [5, 5.41) is 0. The number of benzene rings is 1. The first-order valence-electron chi connectivity index (χ1n) is 9.15. The monoisotopic (exact) mass is 372 g/mol. The van der Waals surface area contributed by atoms with Crippen LogP contribution in [0.2, 0.25) is 0 Å². The second kappa shape index (κ2) is 7.22. The number of hydrogen-bond acceptors (Lipinski definition) is 2. The van der Waals surface area contributed by atoms with Crippen molar-refractivity contribution >= 4 is 11.4 Å². The SMILES string of the molecule is C=C1c2c(CC)cc(C(F)(F)F)nc2-c2ccccc2N1/C=C\[C@H](C)CC. The zero-order valence-corrected chi connectivity index (χ0v) is 15.8. The third-order valence-electron chi connectivity index (χ3n) is 4.98. The first kappa shape index (κ1) is 19.2. The molecule has 2 nitrogen and oxygen atoms in total. The average Bonchev–Trinajstić information content (AvgIpc) is 2.65. The number of para-hydroxylation sites is 1. The fourth-order valence-electron chi connectivity index (χ4n) is 3.23. The summed E-state index contributed by atoms with van der Waals surface area (Å²) >= 11 is 0. The Balaban J connectivity index is 2.25. The summed E-state index contributed by atoms with van der Waals surface area (Å²) < 4.78 is 40.1. The van der Waals surface area contributed by atoms with Crippen LogP contribution in [0, 0.1) is 5.92 Å². The van der Waals surface area contributed by atoms with Crippen molar-refractivity contribution in [1.82, 2.24) is 4.98 Å². The molecule has 1 aromatic carbocycles. The van der Waals surface area contributed by atoms with Gasteiger partial charge in [-0.2, -0.15) is 13.2 Å². The highest BCUT2D eigenvalue weighted by Crippen LogP contribution is 2.45. The van der Waals surface area contributed by atoms with Gasteiger partial charge < -0.3 is 4.90 Å². The maximum absolute atomic E-state index is 13.4. The molecule has 5 heteroatoms. The van der Waals surface area contributed by atoms with Gasteiger partial charge >= 0.3 is 6.18 Å². The lowest BCUT2D eigenvalue weighted by molar-refractivity contribution is -0.141. The van der Waals surface area contributed by atoms with Crippen molar-refractivity contribution in [2.24, 2.45) is 5.92 Å². The predicted molar refractivity (Wildman–Crippen MR) is 104 cm³/mol. The van der Waals surface area contributed by atoms with Gasteiger partial charge in [0.2, 0.25) is 0 Å². The van der Waals surface area contributed by atoms with Gasteiger partial charge in [0.1, 0.15) is 5.69 Å². The van der Waals surface area contributed by atoms with Crippen molar-refractivity contribution in [1.29, 1.82) is 0 Å². The van der Waals surface area contributed by atoms with E-state index in [9.17, 15) is 13.2 Å². The van der Waals surface area contributed by atoms with Crippen LogP contribution in [0.5, 0.6) is 0 Å². The molecule has 0 N–H and O–H groups in total. The lowest BCUT2D eigenvalue weighted by Crippen LogP contribution is -2.23. The minimum atomic E-state index is -4.48. The van der Waals surface area contributed by atoms with E-state index >= 15 is 0 Å². The second-order valence-electron chi connectivity index (χ2n) is 6.80. The smallest absolute Gasteiger partial charge is 0.317 e. The molecule has 2 heterocycles. The molecule has 1 atom stereocenters. The zero-order chi connectivity index (χ0) is 19.8. The molecule has 0 spiro atoms. The van der Waals surface area contributed by atoms with E-state index in [0.29, 0.717) is 40.4 Å². The van der Waals surface area contributed by atoms with Gasteiger partial charge in [-0.05, 0) is 30.0 Å². The van der Waals surface area contributed by atoms with Crippen molar-refractivity contribution in [2.75, 3.05) is 4.90 Å². The number of rotatable bonds is 4. The van der Waals surface area contributed by atoms with Crippen LogP contribution in [0.25, 0.3) is 17.0 Å². The number of halogens is 3. The van der Waals surface area contributed by atoms with Gasteiger partial charge in [0.05, 0.1) is 11.4 Å². The van der Waals surface area contributed by atoms with Gasteiger partial charge in [-0.1, -0.05) is 58.0 Å². The van der Waals surface area contributed by atoms with Crippen molar-refractivity contribution < 1.29 is 13.2 Å². The lowest BCUT2D eigenvalue weighted by atomic mass is 9.91. The Morgan fingerprint density at radius 3 is 2.56 bits per heavy atom. The van der Waals surface area contributed by atoms with Crippen LogP contribution in [0.15, 0.2) is 49.2 Å². The van der Waals surface area contributed by atoms with Gasteiger partial charge in [-0.25, -0.2) is 4.98 Å². The molecule has 0 fully saturated rings. The van der Waals surface area contributed by atoms with Crippen molar-refractivity contribution in [3.8, 4) is 11.3 Å². The highest BCUT2D eigenvalue weighted by molar-refractivity contribution is 5.98. The summed E-state index contributed by atoms with van der Waals surface area (Å²) in [6.07, 6.45) is 1.05. The van der Waals surface area contributed by atoms with Gasteiger partial charge in [-0.15, -0.1) is 0 Å². The summed E-state index contributed by atoms with van der Waals surface area (Å²) in [5.74, 6) is 0.391. The Morgan fingerprint density at radius 2 is 1.93 bits per heavy atom. The molecule has 0 saturated carbocycles. The van der Waals surface area contributed by atoms with Crippen LogP contribution in [0.3, 0.4) is 0 Å². The average molecular weight is 372 g/mol. The number of aryl methyl sites for hydroxylation is 1. The molecule has 1 aliphatic rings. The molecular formula is C22H23F3N2. The molecule has 0 saturated heterocycles. The number of anilines is 1. The Labute approximate surface area is 158 Å². The van der Waals surface area contributed by atoms with Gasteiger partial charge in [0, 0.05) is 23.0 Å². The Morgan fingerprint density at radius 1 is 1.22 bits per heavy atom. The predicted octanol–water partition coefficient (Wildman–Crippen LogP) is 6.68. The van der Waals surface area contributed by atoms with E-state index < -0.39 is 11.9 Å². The molecule has 0 unspecified atom stereocenters. The summed E-state index contributed by atoms with van der Waals surface area (Å²) in [5.41, 5.74) is 2.94. The molecule has 2 aromatic rings. The van der Waals surface area contributed by atoms with Crippen LogP contribution in [-0.2, 0) is 12.6 Å². The minimum Gasteiger partial charge on any atom is -0.317 e. The fourth-order valence-corrected chi connectivity index (χ4v) is 3.23. The maximum Gasteiger partial charge on any atom is 0.433 e. The van der Waals surface area contributed by atoms with Gasteiger partial charge in [-0.3, -0.25) is 0 Å². The number of hydrogen-bond donors (Lipinski definition) is 0. The number of alkyl halides is 3. The standard InChI is InChI=1S/C22H23F3N2/c1-5-14(3)11-12-27-15(4)20-16(6-2)13-19(22(23,24)25)26-21(20)17-9-7-8-10-18(17)27/h7-14H,4-6H2,1-3H3/b12-11-/t14-/m1/s1. The summed E-state index contributed by atoms with van der Waals surface area (Å²) in [6.45, 7) is 10.3. The van der Waals surface area contributed by atoms with Crippen LogP contribution >= 0.6 is 0 Å². The van der Waals surface area contributed by atoms with Crippen LogP contribution < -0.4 is 4.90 Å². The van der Waals surface area contributed by atoms with Crippen molar-refractivity contribution in [3.05, 3.63) is 66.0 Å². The Bertz CT molecular complexity index is 897. The molecule has 142 valence electrons. The van der Waals surface area contributed by atoms with Crippen molar-refractivity contribution in [3.63, 3.8) is 0 Å². The molecule has 27 heavy (non-hydrogen) atoms. The van der Waals surface area contributed by atoms with E-state index in [1.54, 1.807) is 0 Å². The zero-order valence-electron chi connectivity index (χ0n) is 15.8. The number of pyridine rings is 1. The Hall–Kier alpha value is -2.56. The van der Waals surface area contributed by atoms with E-state index in [1.165, 1.54) is 0 Å². The second-order valence-corrected chi connectivity index (χ2v) is 6.80. The summed E-state index contributed by atoms with van der Waals surface area (Å²) in [7, 11) is 0. The van der Waals surface area contributed by atoms with Crippen LogP contribution in [0.1, 0.15) is 44.0 Å². The number of nitrogens with zero attached hydrogens (tertiary/aromatic N) is 2. The summed E-state index contributed by atoms with van der Waals surface area (Å²) in [6, 6.07) is 8.54. The molecular weight excluding hydrogens is 349 g/mol. The summed E-state index contributed by atoms with van der Waals surface area (Å²) in [4.78, 5) is 5.95. The molecule has 0 amide bonds. The van der Waals surface area contributed by atoms with E-state index in [4.69, 9.17) is 0 Å². The first-order valence-corrected chi connectivity index (χ1v) is 9.15. The highest BCUT2D eigenvalue weighted by Gasteiger charge is 2.36. The maximum atomic E-state index is 13.4. The topological polar surface area (TPSA) is 16.1 Å². The van der Waals surface area contributed by atoms with Crippen LogP contribution in [0.4, 0.5) is 18.9 Å². The van der Waals surface area contributed by atoms with Gasteiger partial charge in [0.15, 0.2) is 0 Å². The van der Waals surface area contributed by atoms with E-state index in [-0.39, 0.29) is 0 Å². The highest BCUT2D eigenvalue weighted by atomic mass is 19.4. The Kier molecular flexibility index (Phi) is 5.13. The minimum absolute atomic E-state index is 0.357. The van der Waals surface area contributed by atoms with E-state index in [0.717, 1.165) is 18.2 Å². The molecule has 3 rings (SSSR count). The molecule has 1 aromatic heterocycles. The van der Waals surface area contributed by atoms with Crippen LogP contribution in [-0.4, -0.2) is 4.98 Å². The molecule has 0 aliphatic carbocycles. The normalized spacial score (nSPS) is 15.0. The van der Waals surface area contributed by atoms with Gasteiger partial charge in [0.25, 0.3) is 0 Å². The quantitative estimate of drug-likeness (QED) is 0.595. The molecule has 0 bridgehead atoms.